The molecule has 2 N–H and O–H groups in total. The SMILES string of the molecule is OC[C@H]1OCC[C@@H](F)[C@H]1O. The highest BCUT2D eigenvalue weighted by Crippen LogP contribution is 2.16. The van der Waals surface area contributed by atoms with Gasteiger partial charge in [-0.1, -0.05) is 0 Å². The predicted octanol–water partition coefficient (Wildman–Crippen LogP) is -0.533. The second kappa shape index (κ2) is 3.27. The van der Waals surface area contributed by atoms with Crippen molar-refractivity contribution in [2.75, 3.05) is 13.2 Å². The van der Waals surface area contributed by atoms with Gasteiger partial charge in [-0.3, -0.25) is 0 Å². The summed E-state index contributed by atoms with van der Waals surface area (Å²) in [5.41, 5.74) is 0. The van der Waals surface area contributed by atoms with E-state index in [-0.39, 0.29) is 19.6 Å². The van der Waals surface area contributed by atoms with Gasteiger partial charge in [-0.2, -0.15) is 0 Å². The highest BCUT2D eigenvalue weighted by molar-refractivity contribution is 4.80. The van der Waals surface area contributed by atoms with Gasteiger partial charge in [0.2, 0.25) is 0 Å². The van der Waals surface area contributed by atoms with Gasteiger partial charge < -0.3 is 14.9 Å². The zero-order chi connectivity index (χ0) is 7.56. The molecule has 0 unspecified atom stereocenters. The van der Waals surface area contributed by atoms with Crippen LogP contribution in [-0.2, 0) is 4.74 Å². The standard InChI is InChI=1S/C6H11FO3/c7-4-1-2-10-5(3-8)6(4)9/h4-6,8-9H,1-3H2/t4-,5-,6-/m1/s1. The minimum atomic E-state index is -1.24. The Labute approximate surface area is 58.4 Å². The van der Waals surface area contributed by atoms with Crippen molar-refractivity contribution >= 4 is 0 Å². The Bertz CT molecular complexity index is 109. The van der Waals surface area contributed by atoms with Crippen LogP contribution in [0.15, 0.2) is 0 Å². The van der Waals surface area contributed by atoms with E-state index in [0.717, 1.165) is 0 Å². The molecule has 0 spiro atoms. The number of alkyl halides is 1. The molecule has 1 rings (SSSR count). The second-order valence-corrected chi connectivity index (χ2v) is 2.39. The summed E-state index contributed by atoms with van der Waals surface area (Å²) in [6, 6.07) is 0. The number of aliphatic hydroxyl groups is 2. The van der Waals surface area contributed by atoms with Gasteiger partial charge in [-0.05, 0) is 0 Å². The van der Waals surface area contributed by atoms with Crippen LogP contribution in [0.1, 0.15) is 6.42 Å². The molecule has 0 radical (unpaired) electrons. The lowest BCUT2D eigenvalue weighted by Crippen LogP contribution is -2.44. The van der Waals surface area contributed by atoms with Crippen LogP contribution < -0.4 is 0 Å². The van der Waals surface area contributed by atoms with E-state index in [4.69, 9.17) is 14.9 Å². The zero-order valence-corrected chi connectivity index (χ0v) is 5.53. The summed E-state index contributed by atoms with van der Waals surface area (Å²) in [5, 5.41) is 17.5. The van der Waals surface area contributed by atoms with Gasteiger partial charge in [-0.25, -0.2) is 4.39 Å². The first-order valence-corrected chi connectivity index (χ1v) is 3.30. The minimum absolute atomic E-state index is 0.220. The Morgan fingerprint density at radius 3 is 2.80 bits per heavy atom. The fraction of sp³-hybridized carbons (Fsp3) is 1.00. The molecule has 3 atom stereocenters. The molecule has 1 fully saturated rings. The highest BCUT2D eigenvalue weighted by atomic mass is 19.1. The summed E-state index contributed by atoms with van der Waals surface area (Å²) >= 11 is 0. The Kier molecular flexibility index (Phi) is 2.59. The zero-order valence-electron chi connectivity index (χ0n) is 5.53. The summed E-state index contributed by atoms with van der Waals surface area (Å²) in [4.78, 5) is 0. The summed E-state index contributed by atoms with van der Waals surface area (Å²) < 4.78 is 17.4. The molecule has 3 nitrogen and oxygen atoms in total. The molecular weight excluding hydrogens is 139 g/mol. The molecule has 0 aromatic carbocycles. The lowest BCUT2D eigenvalue weighted by molar-refractivity contribution is -0.127. The molecule has 1 saturated heterocycles. The smallest absolute Gasteiger partial charge is 0.131 e. The first-order chi connectivity index (χ1) is 4.75. The van der Waals surface area contributed by atoms with E-state index < -0.39 is 18.4 Å². The molecule has 1 heterocycles. The van der Waals surface area contributed by atoms with Gasteiger partial charge >= 0.3 is 0 Å². The van der Waals surface area contributed by atoms with Gasteiger partial charge in [-0.15, -0.1) is 0 Å². The molecule has 10 heavy (non-hydrogen) atoms. The summed E-state index contributed by atoms with van der Waals surface area (Å²) in [5.74, 6) is 0. The van der Waals surface area contributed by atoms with Crippen LogP contribution in [0.5, 0.6) is 0 Å². The number of hydrogen-bond donors (Lipinski definition) is 2. The third-order valence-corrected chi connectivity index (χ3v) is 1.66. The van der Waals surface area contributed by atoms with Crippen molar-refractivity contribution < 1.29 is 19.3 Å². The van der Waals surface area contributed by atoms with Gasteiger partial charge in [0.15, 0.2) is 0 Å². The van der Waals surface area contributed by atoms with Crippen molar-refractivity contribution in [1.82, 2.24) is 0 Å². The number of aliphatic hydroxyl groups excluding tert-OH is 2. The average Bonchev–Trinajstić information content (AvgIpc) is 1.95. The molecule has 0 bridgehead atoms. The molecule has 0 aromatic rings. The Morgan fingerprint density at radius 2 is 2.30 bits per heavy atom. The maximum absolute atomic E-state index is 12.6. The van der Waals surface area contributed by atoms with E-state index in [1.54, 1.807) is 0 Å². The van der Waals surface area contributed by atoms with Crippen LogP contribution in [0.3, 0.4) is 0 Å². The van der Waals surface area contributed by atoms with Crippen molar-refractivity contribution in [1.29, 1.82) is 0 Å². The predicted molar refractivity (Wildman–Crippen MR) is 32.3 cm³/mol. The van der Waals surface area contributed by atoms with E-state index >= 15 is 0 Å². The normalized spacial score (nSPS) is 41.7. The molecule has 1 aliphatic heterocycles. The van der Waals surface area contributed by atoms with Gasteiger partial charge in [0.25, 0.3) is 0 Å². The van der Waals surface area contributed by atoms with E-state index in [0.29, 0.717) is 0 Å². The fourth-order valence-electron chi connectivity index (χ4n) is 0.995. The Morgan fingerprint density at radius 1 is 1.60 bits per heavy atom. The largest absolute Gasteiger partial charge is 0.394 e. The number of ether oxygens (including phenoxy) is 1. The molecule has 0 aliphatic carbocycles. The van der Waals surface area contributed by atoms with E-state index in [9.17, 15) is 4.39 Å². The summed E-state index contributed by atoms with van der Waals surface area (Å²) in [6.07, 6.45) is -2.91. The molecule has 0 amide bonds. The number of rotatable bonds is 1. The van der Waals surface area contributed by atoms with E-state index in [1.807, 2.05) is 0 Å². The highest BCUT2D eigenvalue weighted by Gasteiger charge is 2.31. The van der Waals surface area contributed by atoms with Crippen LogP contribution in [0.2, 0.25) is 0 Å². The average molecular weight is 150 g/mol. The van der Waals surface area contributed by atoms with E-state index in [1.165, 1.54) is 0 Å². The molecule has 60 valence electrons. The van der Waals surface area contributed by atoms with E-state index in [2.05, 4.69) is 0 Å². The van der Waals surface area contributed by atoms with Crippen LogP contribution in [0.4, 0.5) is 4.39 Å². The quantitative estimate of drug-likeness (QED) is 0.528. The minimum Gasteiger partial charge on any atom is -0.394 e. The molecule has 0 saturated carbocycles. The molecule has 0 aromatic heterocycles. The Hall–Kier alpha value is -0.190. The fourth-order valence-corrected chi connectivity index (χ4v) is 0.995. The third-order valence-electron chi connectivity index (χ3n) is 1.66. The van der Waals surface area contributed by atoms with Gasteiger partial charge in [0.05, 0.1) is 13.2 Å². The first kappa shape index (κ1) is 7.91. The van der Waals surface area contributed by atoms with Crippen LogP contribution in [-0.4, -0.2) is 41.8 Å². The lowest BCUT2D eigenvalue weighted by atomic mass is 10.0. The molecule has 4 heteroatoms. The monoisotopic (exact) mass is 150 g/mol. The summed E-state index contributed by atoms with van der Waals surface area (Å²) in [7, 11) is 0. The van der Waals surface area contributed by atoms with Gasteiger partial charge in [0.1, 0.15) is 18.4 Å². The number of halogens is 1. The summed E-state index contributed by atoms with van der Waals surface area (Å²) in [6.45, 7) is -0.0367. The first-order valence-electron chi connectivity index (χ1n) is 3.30. The van der Waals surface area contributed by atoms with Crippen LogP contribution >= 0.6 is 0 Å². The Balaban J connectivity index is 2.42. The van der Waals surface area contributed by atoms with Crippen molar-refractivity contribution in [2.45, 2.75) is 24.8 Å². The lowest BCUT2D eigenvalue weighted by Gasteiger charge is -2.29. The van der Waals surface area contributed by atoms with Crippen molar-refractivity contribution in [2.24, 2.45) is 0 Å². The molecular formula is C6H11FO3. The maximum Gasteiger partial charge on any atom is 0.131 e. The topological polar surface area (TPSA) is 49.7 Å². The molecule has 1 aliphatic rings. The van der Waals surface area contributed by atoms with Crippen molar-refractivity contribution in [3.63, 3.8) is 0 Å². The van der Waals surface area contributed by atoms with Crippen molar-refractivity contribution in [3.8, 4) is 0 Å². The van der Waals surface area contributed by atoms with Gasteiger partial charge in [0, 0.05) is 6.42 Å². The third kappa shape index (κ3) is 1.45. The van der Waals surface area contributed by atoms with Crippen LogP contribution in [0.25, 0.3) is 0 Å². The number of hydrogen-bond acceptors (Lipinski definition) is 3. The van der Waals surface area contributed by atoms with Crippen molar-refractivity contribution in [3.05, 3.63) is 0 Å². The maximum atomic E-state index is 12.6. The van der Waals surface area contributed by atoms with Crippen LogP contribution in [0, 0.1) is 0 Å². The second-order valence-electron chi connectivity index (χ2n) is 2.39.